The molecule has 0 spiro atoms. The van der Waals surface area contributed by atoms with E-state index in [0.29, 0.717) is 11.6 Å². The van der Waals surface area contributed by atoms with Gasteiger partial charge < -0.3 is 10.4 Å². The minimum absolute atomic E-state index is 0.355. The minimum Gasteiger partial charge on any atom is -0.478 e. The lowest BCUT2D eigenvalue weighted by Gasteiger charge is -2.16. The summed E-state index contributed by atoms with van der Waals surface area (Å²) in [7, 11) is 0. The maximum Gasteiger partial charge on any atom is 0.335 e. The Balaban J connectivity index is 1.98. The second kappa shape index (κ2) is 6.33. The van der Waals surface area contributed by atoms with Crippen molar-refractivity contribution in [1.82, 2.24) is 0 Å². The van der Waals surface area contributed by atoms with Crippen LogP contribution in [0.15, 0.2) is 18.2 Å². The second-order valence-corrected chi connectivity index (χ2v) is 6.64. The molecule has 1 aromatic rings. The number of anilines is 1. The van der Waals surface area contributed by atoms with E-state index in [9.17, 15) is 4.79 Å². The van der Waals surface area contributed by atoms with Crippen LogP contribution in [0.5, 0.6) is 0 Å². The zero-order valence-electron chi connectivity index (χ0n) is 11.5. The van der Waals surface area contributed by atoms with Crippen molar-refractivity contribution in [1.29, 1.82) is 0 Å². The Morgan fingerprint density at radius 2 is 2.26 bits per heavy atom. The molecule has 0 amide bonds. The van der Waals surface area contributed by atoms with Crippen molar-refractivity contribution in [3.05, 3.63) is 29.3 Å². The average molecular weight is 279 g/mol. The van der Waals surface area contributed by atoms with E-state index < -0.39 is 5.97 Å². The number of benzene rings is 1. The molecule has 2 atom stereocenters. The van der Waals surface area contributed by atoms with Crippen LogP contribution >= 0.6 is 11.8 Å². The first-order valence-electron chi connectivity index (χ1n) is 6.82. The van der Waals surface area contributed by atoms with E-state index in [2.05, 4.69) is 12.2 Å². The summed E-state index contributed by atoms with van der Waals surface area (Å²) in [4.78, 5) is 10.9. The van der Waals surface area contributed by atoms with Crippen molar-refractivity contribution in [3.63, 3.8) is 0 Å². The number of aromatic carboxylic acids is 1. The number of rotatable bonds is 5. The van der Waals surface area contributed by atoms with E-state index in [-0.39, 0.29) is 0 Å². The monoisotopic (exact) mass is 279 g/mol. The maximum atomic E-state index is 10.9. The van der Waals surface area contributed by atoms with Gasteiger partial charge in [-0.1, -0.05) is 6.92 Å². The van der Waals surface area contributed by atoms with Crippen LogP contribution in [0.4, 0.5) is 5.69 Å². The molecule has 0 saturated heterocycles. The van der Waals surface area contributed by atoms with Gasteiger partial charge in [-0.2, -0.15) is 11.8 Å². The lowest BCUT2D eigenvalue weighted by atomic mass is 10.1. The molecule has 0 radical (unpaired) electrons. The molecule has 0 heterocycles. The second-order valence-electron chi connectivity index (χ2n) is 5.07. The maximum absolute atomic E-state index is 10.9. The van der Waals surface area contributed by atoms with Gasteiger partial charge in [-0.05, 0) is 55.7 Å². The topological polar surface area (TPSA) is 49.3 Å². The number of hydrogen-bond acceptors (Lipinski definition) is 3. The van der Waals surface area contributed by atoms with Gasteiger partial charge in [0.15, 0.2) is 0 Å². The fraction of sp³-hybridized carbons (Fsp3) is 0.533. The summed E-state index contributed by atoms with van der Waals surface area (Å²) in [5, 5.41) is 13.3. The molecule has 0 aliphatic heterocycles. The highest BCUT2D eigenvalue weighted by Gasteiger charge is 2.24. The van der Waals surface area contributed by atoms with Crippen LogP contribution < -0.4 is 5.32 Å². The Hall–Kier alpha value is -1.16. The summed E-state index contributed by atoms with van der Waals surface area (Å²) in [5.41, 5.74) is 2.43. The predicted molar refractivity (Wildman–Crippen MR) is 81.3 cm³/mol. The molecule has 0 aromatic heterocycles. The molecule has 1 fully saturated rings. The third kappa shape index (κ3) is 3.66. The van der Waals surface area contributed by atoms with Crippen LogP contribution in [-0.4, -0.2) is 28.1 Å². The van der Waals surface area contributed by atoms with E-state index in [0.717, 1.165) is 16.5 Å². The summed E-state index contributed by atoms with van der Waals surface area (Å²) < 4.78 is 0. The Labute approximate surface area is 118 Å². The summed E-state index contributed by atoms with van der Waals surface area (Å²) >= 11 is 2.05. The summed E-state index contributed by atoms with van der Waals surface area (Å²) in [6, 6.07) is 5.82. The Kier molecular flexibility index (Phi) is 4.75. The average Bonchev–Trinajstić information content (AvgIpc) is 2.79. The SMILES string of the molecule is CCSC1CCC(Nc2ccc(C(=O)O)cc2C)C1. The third-order valence-corrected chi connectivity index (χ3v) is 4.85. The molecule has 0 bridgehead atoms. The number of hydrogen-bond donors (Lipinski definition) is 2. The molecule has 104 valence electrons. The van der Waals surface area contributed by atoms with Gasteiger partial charge in [0.2, 0.25) is 0 Å². The number of carbonyl (C=O) groups is 1. The standard InChI is InChI=1S/C15H21NO2S/c1-3-19-13-6-5-12(9-13)16-14-7-4-11(15(17)18)8-10(14)2/h4,7-8,12-13,16H,3,5-6,9H2,1-2H3,(H,17,18). The van der Waals surface area contributed by atoms with Crippen LogP contribution in [0.2, 0.25) is 0 Å². The molecule has 1 aromatic carbocycles. The summed E-state index contributed by atoms with van der Waals surface area (Å²) in [6.07, 6.45) is 3.69. The lowest BCUT2D eigenvalue weighted by Crippen LogP contribution is -2.17. The highest BCUT2D eigenvalue weighted by molar-refractivity contribution is 7.99. The molecule has 3 nitrogen and oxygen atoms in total. The molecule has 1 aliphatic rings. The van der Waals surface area contributed by atoms with Gasteiger partial charge in [-0.3, -0.25) is 0 Å². The van der Waals surface area contributed by atoms with Crippen molar-refractivity contribution in [3.8, 4) is 0 Å². The van der Waals surface area contributed by atoms with Crippen LogP contribution in [0.3, 0.4) is 0 Å². The normalized spacial score (nSPS) is 22.4. The molecule has 1 saturated carbocycles. The van der Waals surface area contributed by atoms with Gasteiger partial charge in [0.1, 0.15) is 0 Å². The van der Waals surface area contributed by atoms with Crippen LogP contribution in [0.1, 0.15) is 42.1 Å². The molecular formula is C15H21NO2S. The summed E-state index contributed by atoms with van der Waals surface area (Å²) in [6.45, 7) is 4.17. The first kappa shape index (κ1) is 14.3. The molecule has 1 aliphatic carbocycles. The number of carboxylic acids is 1. The largest absolute Gasteiger partial charge is 0.478 e. The van der Waals surface area contributed by atoms with E-state index in [1.54, 1.807) is 12.1 Å². The van der Waals surface area contributed by atoms with Crippen LogP contribution in [0, 0.1) is 6.92 Å². The van der Waals surface area contributed by atoms with Gasteiger partial charge in [-0.15, -0.1) is 0 Å². The molecule has 2 unspecified atom stereocenters. The zero-order chi connectivity index (χ0) is 13.8. The predicted octanol–water partition coefficient (Wildman–Crippen LogP) is 3.78. The number of carboxylic acid groups (broad SMARTS) is 1. The Morgan fingerprint density at radius 1 is 1.47 bits per heavy atom. The molecule has 2 rings (SSSR count). The van der Waals surface area contributed by atoms with Crippen molar-refractivity contribution in [2.24, 2.45) is 0 Å². The number of thioether (sulfide) groups is 1. The molecule has 19 heavy (non-hydrogen) atoms. The number of aryl methyl sites for hydroxylation is 1. The first-order valence-corrected chi connectivity index (χ1v) is 7.87. The van der Waals surface area contributed by atoms with Crippen molar-refractivity contribution in [2.75, 3.05) is 11.1 Å². The van der Waals surface area contributed by atoms with E-state index >= 15 is 0 Å². The quantitative estimate of drug-likeness (QED) is 0.861. The highest BCUT2D eigenvalue weighted by atomic mass is 32.2. The smallest absolute Gasteiger partial charge is 0.335 e. The first-order chi connectivity index (χ1) is 9.10. The fourth-order valence-electron chi connectivity index (χ4n) is 2.64. The number of nitrogens with one attached hydrogen (secondary N) is 1. The van der Waals surface area contributed by atoms with E-state index in [4.69, 9.17) is 5.11 Å². The van der Waals surface area contributed by atoms with Gasteiger partial charge in [0, 0.05) is 17.0 Å². The Bertz CT molecular complexity index is 461. The van der Waals surface area contributed by atoms with Crippen LogP contribution in [-0.2, 0) is 0 Å². The van der Waals surface area contributed by atoms with Crippen molar-refractivity contribution < 1.29 is 9.90 Å². The van der Waals surface area contributed by atoms with Crippen LogP contribution in [0.25, 0.3) is 0 Å². The third-order valence-electron chi connectivity index (χ3n) is 3.62. The molecular weight excluding hydrogens is 258 g/mol. The van der Waals surface area contributed by atoms with Gasteiger partial charge >= 0.3 is 5.97 Å². The lowest BCUT2D eigenvalue weighted by molar-refractivity contribution is 0.0697. The van der Waals surface area contributed by atoms with Gasteiger partial charge in [0.25, 0.3) is 0 Å². The highest BCUT2D eigenvalue weighted by Crippen LogP contribution is 2.32. The molecule has 4 heteroatoms. The Morgan fingerprint density at radius 3 is 2.89 bits per heavy atom. The van der Waals surface area contributed by atoms with Crippen molar-refractivity contribution in [2.45, 2.75) is 44.4 Å². The van der Waals surface area contributed by atoms with E-state index in [1.807, 2.05) is 24.8 Å². The van der Waals surface area contributed by atoms with Gasteiger partial charge in [0.05, 0.1) is 5.56 Å². The summed E-state index contributed by atoms with van der Waals surface area (Å²) in [5.74, 6) is 0.318. The van der Waals surface area contributed by atoms with E-state index in [1.165, 1.54) is 25.0 Å². The zero-order valence-corrected chi connectivity index (χ0v) is 12.3. The van der Waals surface area contributed by atoms with Gasteiger partial charge in [-0.25, -0.2) is 4.79 Å². The van der Waals surface area contributed by atoms with Crippen molar-refractivity contribution >= 4 is 23.4 Å². The molecule has 2 N–H and O–H groups in total. The minimum atomic E-state index is -0.866. The fourth-order valence-corrected chi connectivity index (χ4v) is 3.78.